The fourth-order valence-electron chi connectivity index (χ4n) is 5.82. The van der Waals surface area contributed by atoms with Crippen LogP contribution in [0.2, 0.25) is 0 Å². The summed E-state index contributed by atoms with van der Waals surface area (Å²) < 4.78 is 18.2. The van der Waals surface area contributed by atoms with Crippen molar-refractivity contribution in [2.75, 3.05) is 38.0 Å². The summed E-state index contributed by atoms with van der Waals surface area (Å²) in [6, 6.07) is 25.9. The van der Waals surface area contributed by atoms with Crippen LogP contribution in [0.3, 0.4) is 0 Å². The van der Waals surface area contributed by atoms with Crippen LogP contribution in [0.5, 0.6) is 0 Å². The average Bonchev–Trinajstić information content (AvgIpc) is 3.03. The maximum atomic E-state index is 12.4. The van der Waals surface area contributed by atoms with Crippen LogP contribution in [-0.4, -0.2) is 71.7 Å². The van der Waals surface area contributed by atoms with Gasteiger partial charge in [-0.3, -0.25) is 19.4 Å². The van der Waals surface area contributed by atoms with E-state index in [1.807, 2.05) is 36.4 Å². The number of benzene rings is 3. The number of hydrogen-bond acceptors (Lipinski definition) is 8. The first-order chi connectivity index (χ1) is 21.3. The number of aliphatic hydroxyl groups is 1. The Bertz CT molecular complexity index is 1360. The molecule has 0 aliphatic carbocycles. The number of hydrogen-bond donors (Lipinski definition) is 2. The van der Waals surface area contributed by atoms with Crippen molar-refractivity contribution in [1.29, 1.82) is 0 Å². The minimum Gasteiger partial charge on any atom is -0.453 e. The highest BCUT2D eigenvalue weighted by molar-refractivity contribution is 5.94. The van der Waals surface area contributed by atoms with Crippen LogP contribution < -0.4 is 5.32 Å². The summed E-state index contributed by atoms with van der Waals surface area (Å²) in [6.45, 7) is 10.7. The molecule has 0 bridgehead atoms. The van der Waals surface area contributed by atoms with Gasteiger partial charge in [0.1, 0.15) is 0 Å². The predicted molar refractivity (Wildman–Crippen MR) is 167 cm³/mol. The Kier molecular flexibility index (Phi) is 10.8. The van der Waals surface area contributed by atoms with Gasteiger partial charge in [0.05, 0.1) is 18.8 Å². The van der Waals surface area contributed by atoms with E-state index in [1.165, 1.54) is 19.4 Å². The number of nitrogens with zero attached hydrogens (tertiary/aromatic N) is 2. The standard InChI is InChI=1S/C35H43N3O6/c1-24-32(22-38-19-17-37(18-20-38)21-27-7-5-4-6-8-27)43-35(44-33(24)29-11-9-28(23-39)10-12-29)30-13-15-31(16-14-30)36-34(41)25(2)42-26(3)40/h4-16,24-25,32-33,35,39H,17-23H2,1-3H3,(H,36,41). The fourth-order valence-corrected chi connectivity index (χ4v) is 5.82. The molecule has 2 heterocycles. The molecule has 2 aliphatic rings. The first-order valence-corrected chi connectivity index (χ1v) is 15.4. The molecular formula is C35H43N3O6. The van der Waals surface area contributed by atoms with Gasteiger partial charge >= 0.3 is 5.97 Å². The highest BCUT2D eigenvalue weighted by Crippen LogP contribution is 2.42. The normalized spacial score (nSPS) is 23.5. The van der Waals surface area contributed by atoms with Crippen molar-refractivity contribution in [3.63, 3.8) is 0 Å². The van der Waals surface area contributed by atoms with E-state index >= 15 is 0 Å². The van der Waals surface area contributed by atoms with Crippen molar-refractivity contribution in [2.24, 2.45) is 5.92 Å². The molecule has 0 radical (unpaired) electrons. The molecule has 2 aliphatic heterocycles. The summed E-state index contributed by atoms with van der Waals surface area (Å²) in [6.07, 6.45) is -1.75. The van der Waals surface area contributed by atoms with Crippen molar-refractivity contribution in [3.05, 3.63) is 101 Å². The van der Waals surface area contributed by atoms with Gasteiger partial charge in [-0.05, 0) is 35.7 Å². The van der Waals surface area contributed by atoms with Gasteiger partial charge in [0, 0.05) is 63.4 Å². The van der Waals surface area contributed by atoms with Gasteiger partial charge in [-0.25, -0.2) is 0 Å². The van der Waals surface area contributed by atoms with Crippen LogP contribution in [0.15, 0.2) is 78.9 Å². The molecule has 234 valence electrons. The predicted octanol–water partition coefficient (Wildman–Crippen LogP) is 4.68. The van der Waals surface area contributed by atoms with E-state index in [0.29, 0.717) is 5.69 Å². The van der Waals surface area contributed by atoms with Gasteiger partial charge in [-0.15, -0.1) is 0 Å². The molecule has 2 saturated heterocycles. The highest BCUT2D eigenvalue weighted by atomic mass is 16.7. The Labute approximate surface area is 259 Å². The second-order valence-electron chi connectivity index (χ2n) is 11.7. The molecule has 5 rings (SSSR count). The SMILES string of the molecule is CC(=O)OC(C)C(=O)Nc1ccc(C2OC(CN3CCN(Cc4ccccc4)CC3)C(C)C(c3ccc(CO)cc3)O2)cc1. The molecule has 2 N–H and O–H groups in total. The van der Waals surface area contributed by atoms with Crippen molar-refractivity contribution in [1.82, 2.24) is 9.80 Å². The van der Waals surface area contributed by atoms with Crippen LogP contribution in [0, 0.1) is 5.92 Å². The molecule has 9 nitrogen and oxygen atoms in total. The molecule has 3 aromatic carbocycles. The molecule has 0 spiro atoms. The summed E-state index contributed by atoms with van der Waals surface area (Å²) in [5.74, 6) is -0.815. The van der Waals surface area contributed by atoms with Crippen molar-refractivity contribution >= 4 is 17.6 Å². The first kappa shape index (κ1) is 31.8. The van der Waals surface area contributed by atoms with E-state index in [0.717, 1.165) is 56.0 Å². The molecule has 3 aromatic rings. The third kappa shape index (κ3) is 8.31. The van der Waals surface area contributed by atoms with Crippen molar-refractivity contribution in [2.45, 2.75) is 58.5 Å². The van der Waals surface area contributed by atoms with E-state index in [4.69, 9.17) is 14.2 Å². The molecule has 9 heteroatoms. The summed E-state index contributed by atoms with van der Waals surface area (Å²) >= 11 is 0. The zero-order valence-electron chi connectivity index (χ0n) is 25.7. The number of ether oxygens (including phenoxy) is 3. The van der Waals surface area contributed by atoms with Gasteiger partial charge in [-0.1, -0.05) is 73.7 Å². The van der Waals surface area contributed by atoms with E-state index in [9.17, 15) is 14.7 Å². The zero-order valence-corrected chi connectivity index (χ0v) is 25.7. The van der Waals surface area contributed by atoms with Crippen LogP contribution in [-0.2, 0) is 37.0 Å². The quantitative estimate of drug-likeness (QED) is 0.323. The number of rotatable bonds is 10. The highest BCUT2D eigenvalue weighted by Gasteiger charge is 2.39. The Morgan fingerprint density at radius 2 is 1.52 bits per heavy atom. The molecule has 44 heavy (non-hydrogen) atoms. The monoisotopic (exact) mass is 601 g/mol. The minimum atomic E-state index is -0.891. The smallest absolute Gasteiger partial charge is 0.303 e. The third-order valence-corrected chi connectivity index (χ3v) is 8.44. The Morgan fingerprint density at radius 1 is 0.886 bits per heavy atom. The van der Waals surface area contributed by atoms with Gasteiger partial charge < -0.3 is 24.6 Å². The molecule has 5 unspecified atom stereocenters. The second-order valence-corrected chi connectivity index (χ2v) is 11.7. The maximum Gasteiger partial charge on any atom is 0.303 e. The van der Waals surface area contributed by atoms with Crippen LogP contribution in [0.1, 0.15) is 55.4 Å². The van der Waals surface area contributed by atoms with Gasteiger partial charge in [0.2, 0.25) is 0 Å². The summed E-state index contributed by atoms with van der Waals surface area (Å²) in [5, 5.41) is 12.3. The van der Waals surface area contributed by atoms with E-state index in [2.05, 4.69) is 52.4 Å². The van der Waals surface area contributed by atoms with E-state index < -0.39 is 24.3 Å². The zero-order chi connectivity index (χ0) is 31.1. The molecule has 5 atom stereocenters. The number of aliphatic hydroxyl groups excluding tert-OH is 1. The maximum absolute atomic E-state index is 12.4. The van der Waals surface area contributed by atoms with Crippen molar-refractivity contribution < 1.29 is 28.9 Å². The Hall–Kier alpha value is -3.60. The van der Waals surface area contributed by atoms with Crippen LogP contribution >= 0.6 is 0 Å². The summed E-state index contributed by atoms with van der Waals surface area (Å²) in [5.41, 5.74) is 4.67. The number of esters is 1. The summed E-state index contributed by atoms with van der Waals surface area (Å²) in [7, 11) is 0. The van der Waals surface area contributed by atoms with Crippen LogP contribution in [0.25, 0.3) is 0 Å². The third-order valence-electron chi connectivity index (χ3n) is 8.44. The molecule has 0 saturated carbocycles. The Balaban J connectivity index is 1.27. The lowest BCUT2D eigenvalue weighted by atomic mass is 9.90. The fraction of sp³-hybridized carbons (Fsp3) is 0.429. The van der Waals surface area contributed by atoms with Crippen molar-refractivity contribution in [3.8, 4) is 0 Å². The molecule has 1 amide bonds. The van der Waals surface area contributed by atoms with E-state index in [-0.39, 0.29) is 24.7 Å². The Morgan fingerprint density at radius 3 is 2.16 bits per heavy atom. The lowest BCUT2D eigenvalue weighted by molar-refractivity contribution is -0.276. The number of amides is 1. The number of piperazine rings is 1. The van der Waals surface area contributed by atoms with E-state index in [1.54, 1.807) is 12.1 Å². The van der Waals surface area contributed by atoms with Gasteiger partial charge in [-0.2, -0.15) is 0 Å². The second kappa shape index (κ2) is 14.9. The lowest BCUT2D eigenvalue weighted by Gasteiger charge is -2.44. The number of anilines is 1. The topological polar surface area (TPSA) is 101 Å². The van der Waals surface area contributed by atoms with Gasteiger partial charge in [0.15, 0.2) is 12.4 Å². The number of nitrogens with one attached hydrogen (secondary N) is 1. The number of carbonyl (C=O) groups is 2. The molecule has 2 fully saturated rings. The van der Waals surface area contributed by atoms with Crippen LogP contribution in [0.4, 0.5) is 5.69 Å². The largest absolute Gasteiger partial charge is 0.453 e. The molecular weight excluding hydrogens is 558 g/mol. The summed E-state index contributed by atoms with van der Waals surface area (Å²) in [4.78, 5) is 28.6. The first-order valence-electron chi connectivity index (χ1n) is 15.4. The minimum absolute atomic E-state index is 0.00545. The average molecular weight is 602 g/mol. The molecule has 0 aromatic heterocycles. The lowest BCUT2D eigenvalue weighted by Crippen LogP contribution is -2.51. The van der Waals surface area contributed by atoms with Gasteiger partial charge in [0.25, 0.3) is 5.91 Å². The number of carbonyl (C=O) groups excluding carboxylic acids is 2.